The zero-order valence-corrected chi connectivity index (χ0v) is 18.4. The highest BCUT2D eigenvalue weighted by Gasteiger charge is 2.23. The fraction of sp³-hybridized carbons (Fsp3) is 0.667. The number of ether oxygens (including phenoxy) is 1. The lowest BCUT2D eigenvalue weighted by molar-refractivity contribution is -0.133. The fourth-order valence-electron chi connectivity index (χ4n) is 4.59. The Hall–Kier alpha value is -2.08. The molecule has 1 fully saturated rings. The van der Waals surface area contributed by atoms with Gasteiger partial charge in [0.2, 0.25) is 11.8 Å². The molecule has 0 saturated heterocycles. The largest absolute Gasteiger partial charge is 0.494 e. The van der Waals surface area contributed by atoms with Crippen LogP contribution in [0.2, 0.25) is 0 Å². The number of hydrogen-bond donors (Lipinski definition) is 2. The Morgan fingerprint density at radius 1 is 1.30 bits per heavy atom. The maximum atomic E-state index is 12.7. The fourth-order valence-corrected chi connectivity index (χ4v) is 4.59. The second-order valence-corrected chi connectivity index (χ2v) is 9.01. The molecule has 0 bridgehead atoms. The number of anilines is 1. The van der Waals surface area contributed by atoms with E-state index in [9.17, 15) is 14.7 Å². The van der Waals surface area contributed by atoms with Crippen LogP contribution in [0.25, 0.3) is 0 Å². The van der Waals surface area contributed by atoms with Crippen LogP contribution in [0.1, 0.15) is 76.7 Å². The van der Waals surface area contributed by atoms with E-state index < -0.39 is 6.10 Å². The molecule has 2 unspecified atom stereocenters. The SMILES string of the molecule is CC(O)CN(CC1CCCCC1)C(=O)CCCOc1ccc2c(c1)C(C)CC(=O)N2. The molecule has 6 heteroatoms. The lowest BCUT2D eigenvalue weighted by atomic mass is 9.89. The van der Waals surface area contributed by atoms with E-state index in [2.05, 4.69) is 5.32 Å². The molecule has 1 aromatic rings. The first-order valence-electron chi connectivity index (χ1n) is 11.4. The molecule has 1 saturated carbocycles. The van der Waals surface area contributed by atoms with Crippen molar-refractivity contribution in [1.29, 1.82) is 0 Å². The van der Waals surface area contributed by atoms with Crippen molar-refractivity contribution in [2.24, 2.45) is 5.92 Å². The summed E-state index contributed by atoms with van der Waals surface area (Å²) < 4.78 is 5.88. The number of carbonyl (C=O) groups excluding carboxylic acids is 2. The lowest BCUT2D eigenvalue weighted by Crippen LogP contribution is -2.40. The maximum absolute atomic E-state index is 12.7. The van der Waals surface area contributed by atoms with E-state index in [1.165, 1.54) is 32.1 Å². The van der Waals surface area contributed by atoms with Gasteiger partial charge in [-0.3, -0.25) is 9.59 Å². The Kier molecular flexibility index (Phi) is 8.14. The third-order valence-corrected chi connectivity index (χ3v) is 6.16. The van der Waals surface area contributed by atoms with E-state index in [0.717, 1.165) is 23.5 Å². The van der Waals surface area contributed by atoms with Gasteiger partial charge in [-0.25, -0.2) is 0 Å². The lowest BCUT2D eigenvalue weighted by Gasteiger charge is -2.30. The van der Waals surface area contributed by atoms with Crippen LogP contribution >= 0.6 is 0 Å². The number of carbonyl (C=O) groups is 2. The van der Waals surface area contributed by atoms with Gasteiger partial charge in [0.15, 0.2) is 0 Å². The quantitative estimate of drug-likeness (QED) is 0.595. The number of benzene rings is 1. The van der Waals surface area contributed by atoms with E-state index in [-0.39, 0.29) is 17.7 Å². The second kappa shape index (κ2) is 10.8. The molecular formula is C24H36N2O4. The molecule has 1 aromatic carbocycles. The first-order valence-corrected chi connectivity index (χ1v) is 11.4. The Morgan fingerprint density at radius 3 is 2.80 bits per heavy atom. The molecule has 2 aliphatic rings. The summed E-state index contributed by atoms with van der Waals surface area (Å²) >= 11 is 0. The minimum atomic E-state index is -0.508. The molecule has 1 aliphatic carbocycles. The van der Waals surface area contributed by atoms with Gasteiger partial charge in [0, 0.05) is 31.6 Å². The number of rotatable bonds is 9. The molecule has 2 amide bonds. The summed E-state index contributed by atoms with van der Waals surface area (Å²) in [5.74, 6) is 1.67. The van der Waals surface area contributed by atoms with Crippen molar-refractivity contribution in [3.63, 3.8) is 0 Å². The van der Waals surface area contributed by atoms with Crippen molar-refractivity contribution < 1.29 is 19.4 Å². The molecule has 0 spiro atoms. The molecule has 3 rings (SSSR count). The van der Waals surface area contributed by atoms with Gasteiger partial charge in [-0.05, 0) is 61.8 Å². The number of hydrogen-bond acceptors (Lipinski definition) is 4. The van der Waals surface area contributed by atoms with Gasteiger partial charge in [-0.1, -0.05) is 26.2 Å². The third-order valence-electron chi connectivity index (χ3n) is 6.16. The standard InChI is InChI=1S/C24H36N2O4/c1-17-13-23(28)25-22-11-10-20(14-21(17)22)30-12-6-9-24(29)26(15-18(2)27)16-19-7-4-3-5-8-19/h10-11,14,17-19,27H,3-9,12-13,15-16H2,1-2H3,(H,25,28). The van der Waals surface area contributed by atoms with Gasteiger partial charge >= 0.3 is 0 Å². The normalized spacial score (nSPS) is 20.2. The van der Waals surface area contributed by atoms with Gasteiger partial charge in [0.1, 0.15) is 5.75 Å². The maximum Gasteiger partial charge on any atom is 0.224 e. The van der Waals surface area contributed by atoms with E-state index in [4.69, 9.17) is 4.74 Å². The summed E-state index contributed by atoms with van der Waals surface area (Å²) in [7, 11) is 0. The van der Waals surface area contributed by atoms with Crippen molar-refractivity contribution in [2.45, 2.75) is 77.2 Å². The molecule has 30 heavy (non-hydrogen) atoms. The predicted octanol–water partition coefficient (Wildman–Crippen LogP) is 4.08. The average molecular weight is 417 g/mol. The molecule has 0 radical (unpaired) electrons. The minimum Gasteiger partial charge on any atom is -0.494 e. The zero-order chi connectivity index (χ0) is 21.5. The van der Waals surface area contributed by atoms with Crippen LogP contribution in [-0.2, 0) is 9.59 Å². The second-order valence-electron chi connectivity index (χ2n) is 9.01. The van der Waals surface area contributed by atoms with Crippen LogP contribution in [0.15, 0.2) is 18.2 Å². The van der Waals surface area contributed by atoms with Crippen molar-refractivity contribution in [3.05, 3.63) is 23.8 Å². The Morgan fingerprint density at radius 2 is 2.07 bits per heavy atom. The van der Waals surface area contributed by atoms with Gasteiger partial charge in [-0.15, -0.1) is 0 Å². The van der Waals surface area contributed by atoms with Crippen molar-refractivity contribution in [3.8, 4) is 5.75 Å². The first kappa shape index (κ1) is 22.6. The molecule has 0 aromatic heterocycles. The number of aliphatic hydroxyl groups excluding tert-OH is 1. The van der Waals surface area contributed by atoms with Crippen molar-refractivity contribution in [1.82, 2.24) is 4.90 Å². The van der Waals surface area contributed by atoms with Gasteiger partial charge in [0.05, 0.1) is 12.7 Å². The summed E-state index contributed by atoms with van der Waals surface area (Å²) in [5, 5.41) is 12.7. The zero-order valence-electron chi connectivity index (χ0n) is 18.4. The van der Waals surface area contributed by atoms with E-state index in [1.54, 1.807) is 6.92 Å². The summed E-state index contributed by atoms with van der Waals surface area (Å²) in [4.78, 5) is 26.2. The van der Waals surface area contributed by atoms with Crippen LogP contribution in [-0.4, -0.2) is 47.6 Å². The highest BCUT2D eigenvalue weighted by Crippen LogP contribution is 2.34. The van der Waals surface area contributed by atoms with E-state index >= 15 is 0 Å². The molecule has 1 heterocycles. The van der Waals surface area contributed by atoms with Gasteiger partial charge in [-0.2, -0.15) is 0 Å². The Labute approximate surface area is 180 Å². The summed E-state index contributed by atoms with van der Waals surface area (Å²) in [6.07, 6.45) is 7.22. The van der Waals surface area contributed by atoms with Crippen molar-refractivity contribution >= 4 is 17.5 Å². The first-order chi connectivity index (χ1) is 14.4. The molecule has 6 nitrogen and oxygen atoms in total. The molecule has 2 N–H and O–H groups in total. The number of amides is 2. The van der Waals surface area contributed by atoms with Crippen LogP contribution in [0, 0.1) is 5.92 Å². The van der Waals surface area contributed by atoms with Gasteiger partial charge in [0.25, 0.3) is 0 Å². The Balaban J connectivity index is 1.46. The van der Waals surface area contributed by atoms with Gasteiger partial charge < -0.3 is 20.1 Å². The third kappa shape index (κ3) is 6.46. The number of aliphatic hydroxyl groups is 1. The topological polar surface area (TPSA) is 78.9 Å². The predicted molar refractivity (Wildman–Crippen MR) is 118 cm³/mol. The van der Waals surface area contributed by atoms with E-state index in [0.29, 0.717) is 38.3 Å². The number of fused-ring (bicyclic) bond motifs is 1. The molecule has 2 atom stereocenters. The summed E-state index contributed by atoms with van der Waals surface area (Å²) in [6, 6.07) is 5.74. The Bertz CT molecular complexity index is 728. The molecule has 1 aliphatic heterocycles. The highest BCUT2D eigenvalue weighted by atomic mass is 16.5. The number of nitrogens with zero attached hydrogens (tertiary/aromatic N) is 1. The van der Waals surface area contributed by atoms with E-state index in [1.807, 2.05) is 30.0 Å². The van der Waals surface area contributed by atoms with Crippen LogP contribution in [0.5, 0.6) is 5.75 Å². The molecule has 166 valence electrons. The number of nitrogens with one attached hydrogen (secondary N) is 1. The van der Waals surface area contributed by atoms with Crippen LogP contribution in [0.4, 0.5) is 5.69 Å². The molecular weight excluding hydrogens is 380 g/mol. The van der Waals surface area contributed by atoms with Crippen LogP contribution in [0.3, 0.4) is 0 Å². The van der Waals surface area contributed by atoms with Crippen molar-refractivity contribution in [2.75, 3.05) is 25.0 Å². The smallest absolute Gasteiger partial charge is 0.224 e. The summed E-state index contributed by atoms with van der Waals surface area (Å²) in [6.45, 7) is 5.42. The minimum absolute atomic E-state index is 0.0529. The average Bonchev–Trinajstić information content (AvgIpc) is 2.71. The summed E-state index contributed by atoms with van der Waals surface area (Å²) in [5.41, 5.74) is 1.96. The monoisotopic (exact) mass is 416 g/mol. The highest BCUT2D eigenvalue weighted by molar-refractivity contribution is 5.94. The van der Waals surface area contributed by atoms with Crippen LogP contribution < -0.4 is 10.1 Å².